The molecule has 2 saturated heterocycles. The molecule has 2 fully saturated rings. The van der Waals surface area contributed by atoms with E-state index in [0.717, 1.165) is 0 Å². The van der Waals surface area contributed by atoms with Crippen molar-refractivity contribution in [2.45, 2.75) is 198 Å². The molecule has 0 spiro atoms. The summed E-state index contributed by atoms with van der Waals surface area (Å²) < 4.78 is 0. The second-order valence-corrected chi connectivity index (χ2v) is 24.0. The van der Waals surface area contributed by atoms with Crippen LogP contribution in [-0.4, -0.2) is 214 Å². The van der Waals surface area contributed by atoms with Crippen molar-refractivity contribution >= 4 is 82.9 Å². The molecular weight excluding hydrogens is 1200 g/mol. The van der Waals surface area contributed by atoms with E-state index in [9.17, 15) is 72.5 Å². The molecule has 0 aromatic heterocycles. The van der Waals surface area contributed by atoms with Crippen molar-refractivity contribution in [1.29, 1.82) is 5.41 Å². The fourth-order valence-corrected chi connectivity index (χ4v) is 10.4. The van der Waals surface area contributed by atoms with Gasteiger partial charge in [-0.1, -0.05) is 78.3 Å². The average Bonchev–Trinajstić information content (AvgIpc) is 1.73. The van der Waals surface area contributed by atoms with Gasteiger partial charge in [-0.25, -0.2) is 4.79 Å². The Balaban J connectivity index is 1.76. The summed E-state index contributed by atoms with van der Waals surface area (Å²) in [5.74, 6) is -13.1. The summed E-state index contributed by atoms with van der Waals surface area (Å²) in [4.78, 5) is 177. The lowest BCUT2D eigenvalue weighted by molar-refractivity contribution is -0.150. The number of hydrogen-bond donors (Lipinski definition) is 17. The lowest BCUT2D eigenvalue weighted by atomic mass is 9.97. The van der Waals surface area contributed by atoms with E-state index in [1.807, 2.05) is 0 Å². The van der Waals surface area contributed by atoms with Crippen LogP contribution in [0.2, 0.25) is 0 Å². The molecule has 1 aromatic rings. The molecule has 20 N–H and O–H groups in total. The number of amides is 11. The van der Waals surface area contributed by atoms with Crippen LogP contribution in [0.15, 0.2) is 30.3 Å². The maximum absolute atomic E-state index is 14.5. The minimum Gasteiger partial charge on any atom is -0.481 e. The number of nitrogens with zero attached hydrogens (tertiary/aromatic N) is 2. The Morgan fingerprint density at radius 1 is 0.598 bits per heavy atom. The number of likely N-dealkylation sites (tertiary alicyclic amines) is 2. The first-order valence-corrected chi connectivity index (χ1v) is 31.4. The van der Waals surface area contributed by atoms with Crippen molar-refractivity contribution < 1.29 is 77.6 Å². The molecule has 2 aliphatic heterocycles. The topological polar surface area (TPSA) is 511 Å². The van der Waals surface area contributed by atoms with E-state index in [1.165, 1.54) is 16.7 Å². The van der Waals surface area contributed by atoms with Crippen molar-refractivity contribution in [3.8, 4) is 0 Å². The monoisotopic (exact) mass is 1300 g/mol. The minimum absolute atomic E-state index is 0.0108. The third-order valence-electron chi connectivity index (χ3n) is 16.0. The molecule has 92 heavy (non-hydrogen) atoms. The first kappa shape index (κ1) is 77.7. The summed E-state index contributed by atoms with van der Waals surface area (Å²) in [6, 6.07) is -5.49. The number of carboxylic acids is 2. The Bertz CT molecular complexity index is 2720. The maximum Gasteiger partial charge on any atom is 0.326 e. The summed E-state index contributed by atoms with van der Waals surface area (Å²) in [5, 5.41) is 62.4. The van der Waals surface area contributed by atoms with Gasteiger partial charge in [-0.2, -0.15) is 0 Å². The van der Waals surface area contributed by atoms with Crippen molar-refractivity contribution in [3.63, 3.8) is 0 Å². The number of unbranched alkanes of at least 4 members (excludes halogenated alkanes) is 1. The average molecular weight is 1300 g/mol. The van der Waals surface area contributed by atoms with Crippen LogP contribution >= 0.6 is 0 Å². The summed E-state index contributed by atoms with van der Waals surface area (Å²) >= 11 is 0. The van der Waals surface area contributed by atoms with Gasteiger partial charge in [0.15, 0.2) is 5.96 Å². The molecule has 2 heterocycles. The second-order valence-electron chi connectivity index (χ2n) is 24.0. The molecule has 0 saturated carbocycles. The fourth-order valence-electron chi connectivity index (χ4n) is 10.4. The second kappa shape index (κ2) is 39.0. The van der Waals surface area contributed by atoms with Crippen LogP contribution in [0.25, 0.3) is 0 Å². The number of hydrogen-bond acceptors (Lipinski definition) is 17. The zero-order chi connectivity index (χ0) is 68.9. The predicted octanol–water partition coefficient (Wildman–Crippen LogP) is -3.76. The van der Waals surface area contributed by atoms with E-state index >= 15 is 0 Å². The van der Waals surface area contributed by atoms with Crippen LogP contribution in [0, 0.1) is 23.2 Å². The SMILES string of the molecule is CC[C@H](C)[C@H](NC(=O)CNC(=O)[C@H](Cc1ccccc1)NC(=O)[C@@H](N)CCC(=O)O)C(=O)N1CCC[C@H]1C(=O)N[C@@H](CCCNC(=N)N)C(=O)N[C@@H](C)C(=O)N[C@@H](CCCCN)C(=O)N[C@H](C(=O)N[C@@H](CO)C(=O)N[C@H](C(=O)N1CCC[C@H]1C(=O)O)C(C)C)C(C)C. The fraction of sp³-hybridized carbons (Fsp3) is 0.667. The maximum atomic E-state index is 14.5. The molecule has 0 aliphatic carbocycles. The number of benzene rings is 1. The number of nitrogens with two attached hydrogens (primary N) is 3. The molecule has 0 bridgehead atoms. The predicted molar refractivity (Wildman–Crippen MR) is 334 cm³/mol. The van der Waals surface area contributed by atoms with Gasteiger partial charge in [0.25, 0.3) is 0 Å². The number of aliphatic hydroxyl groups excluding tert-OH is 1. The highest BCUT2D eigenvalue weighted by Gasteiger charge is 2.43. The lowest BCUT2D eigenvalue weighted by Crippen LogP contribution is -2.61. The standard InChI is InChI=1S/C60H98N16O16/c1-8-34(6)48(72-44(78)30-66-51(83)40(29-36-17-10-9-11-18-36)70-50(82)37(62)23-24-45(79)80)58(90)75-27-15-21-42(75)55(87)69-39(20-14-26-65-60(63)64)52(84)67-35(7)49(81)68-38(19-12-13-25-61)53(85)73-46(32(2)3)56(88)71-41(31-77)54(86)74-47(33(4)5)57(89)76-28-16-22-43(76)59(91)92/h9-11,17-18,32-35,37-43,46-48,77H,8,12-16,19-31,61-62H2,1-7H3,(H,66,83)(H,67,84)(H,68,81)(H,69,87)(H,70,82)(H,71,88)(H,72,78)(H,73,85)(H,74,86)(H,79,80)(H,91,92)(H4,63,64,65)/t34-,35-,37-,38-,39-,40-,41-,42-,43-,46-,47-,48-/m0/s1. The van der Waals surface area contributed by atoms with Gasteiger partial charge in [-0.05, 0) is 101 Å². The van der Waals surface area contributed by atoms with E-state index in [2.05, 4.69) is 53.2 Å². The molecule has 32 nitrogen and oxygen atoms in total. The molecule has 0 radical (unpaired) electrons. The van der Waals surface area contributed by atoms with Gasteiger partial charge in [-0.3, -0.25) is 62.9 Å². The minimum atomic E-state index is -1.62. The van der Waals surface area contributed by atoms with Gasteiger partial charge in [0, 0.05) is 32.5 Å². The normalized spacial score (nSPS) is 17.8. The number of guanidine groups is 1. The van der Waals surface area contributed by atoms with Crippen molar-refractivity contribution in [2.24, 2.45) is 35.0 Å². The summed E-state index contributed by atoms with van der Waals surface area (Å²) in [5.41, 5.74) is 17.8. The van der Waals surface area contributed by atoms with E-state index in [-0.39, 0.29) is 83.5 Å². The van der Waals surface area contributed by atoms with Gasteiger partial charge in [-0.15, -0.1) is 0 Å². The molecule has 1 aromatic carbocycles. The van der Waals surface area contributed by atoms with Gasteiger partial charge >= 0.3 is 11.9 Å². The van der Waals surface area contributed by atoms with E-state index in [4.69, 9.17) is 27.7 Å². The molecule has 11 amide bonds. The Hall–Kier alpha value is -8.52. The van der Waals surface area contributed by atoms with Crippen LogP contribution < -0.4 is 70.4 Å². The highest BCUT2D eigenvalue weighted by Crippen LogP contribution is 2.23. The van der Waals surface area contributed by atoms with Gasteiger partial charge < -0.3 is 95.5 Å². The molecule has 12 atom stereocenters. The highest BCUT2D eigenvalue weighted by atomic mass is 16.4. The Labute approximate surface area is 535 Å². The molecule has 2 aliphatic rings. The third kappa shape index (κ3) is 24.9. The summed E-state index contributed by atoms with van der Waals surface area (Å²) in [7, 11) is 0. The van der Waals surface area contributed by atoms with Crippen LogP contribution in [0.5, 0.6) is 0 Å². The largest absolute Gasteiger partial charge is 0.481 e. The highest BCUT2D eigenvalue weighted by molar-refractivity contribution is 5.99. The molecule has 3 rings (SSSR count). The number of carboxylic acid groups (broad SMARTS) is 2. The number of nitrogens with one attached hydrogen (secondary N) is 11. The number of carbonyl (C=O) groups excluding carboxylic acids is 11. The third-order valence-corrected chi connectivity index (χ3v) is 16.0. The first-order chi connectivity index (χ1) is 43.4. The summed E-state index contributed by atoms with van der Waals surface area (Å²) in [6.07, 6.45) is 1.83. The van der Waals surface area contributed by atoms with Crippen molar-refractivity contribution in [2.75, 3.05) is 39.3 Å². The molecule has 0 unspecified atom stereocenters. The van der Waals surface area contributed by atoms with E-state index < -0.39 is 174 Å². The van der Waals surface area contributed by atoms with Crippen LogP contribution in [0.4, 0.5) is 0 Å². The van der Waals surface area contributed by atoms with Crippen LogP contribution in [-0.2, 0) is 68.7 Å². The summed E-state index contributed by atoms with van der Waals surface area (Å²) in [6.45, 7) is 10.3. The van der Waals surface area contributed by atoms with Crippen LogP contribution in [0.1, 0.15) is 131 Å². The number of aliphatic carboxylic acids is 2. The quantitative estimate of drug-likeness (QED) is 0.0171. The van der Waals surface area contributed by atoms with Crippen LogP contribution in [0.3, 0.4) is 0 Å². The smallest absolute Gasteiger partial charge is 0.326 e. The number of carbonyl (C=O) groups is 13. The number of aliphatic hydroxyl groups is 1. The zero-order valence-electron chi connectivity index (χ0n) is 53.7. The van der Waals surface area contributed by atoms with E-state index in [0.29, 0.717) is 37.7 Å². The molecule has 514 valence electrons. The van der Waals surface area contributed by atoms with E-state index in [1.54, 1.807) is 71.9 Å². The Kier molecular flexibility index (Phi) is 33.0. The van der Waals surface area contributed by atoms with Crippen molar-refractivity contribution in [1.82, 2.24) is 63.0 Å². The Morgan fingerprint density at radius 3 is 1.72 bits per heavy atom. The molecule has 32 heteroatoms. The molecular formula is C60H98N16O16. The van der Waals surface area contributed by atoms with Gasteiger partial charge in [0.2, 0.25) is 65.0 Å². The zero-order valence-corrected chi connectivity index (χ0v) is 53.7. The van der Waals surface area contributed by atoms with Crippen molar-refractivity contribution in [3.05, 3.63) is 35.9 Å². The van der Waals surface area contributed by atoms with Gasteiger partial charge in [0.1, 0.15) is 60.4 Å². The van der Waals surface area contributed by atoms with Gasteiger partial charge in [0.05, 0.1) is 19.2 Å². The number of rotatable bonds is 39. The first-order valence-electron chi connectivity index (χ1n) is 31.4. The Morgan fingerprint density at radius 2 is 1.14 bits per heavy atom. The lowest BCUT2D eigenvalue weighted by Gasteiger charge is -2.32.